The maximum atomic E-state index is 14.2. The van der Waals surface area contributed by atoms with E-state index in [4.69, 9.17) is 16.3 Å². The average Bonchev–Trinajstić information content (AvgIpc) is 2.32. The number of halogens is 3. The molecule has 2 heterocycles. The monoisotopic (exact) mass is 291 g/mol. The number of benzene rings is 1. The summed E-state index contributed by atoms with van der Waals surface area (Å²) in [5.41, 5.74) is 0.240. The molecule has 1 atom stereocenters. The van der Waals surface area contributed by atoms with Crippen molar-refractivity contribution in [3.63, 3.8) is 0 Å². The van der Waals surface area contributed by atoms with E-state index in [9.17, 15) is 4.39 Å². The largest absolute Gasteiger partial charge is 0.485 e. The highest BCUT2D eigenvalue weighted by Crippen LogP contribution is 2.47. The first-order valence-electron chi connectivity index (χ1n) is 6.02. The van der Waals surface area contributed by atoms with Crippen molar-refractivity contribution in [1.29, 1.82) is 0 Å². The van der Waals surface area contributed by atoms with Crippen molar-refractivity contribution in [2.75, 3.05) is 13.1 Å². The number of ether oxygens (including phenoxy) is 1. The Balaban J connectivity index is 0.00000120. The minimum absolute atomic E-state index is 0. The number of para-hydroxylation sites is 1. The van der Waals surface area contributed by atoms with Gasteiger partial charge >= 0.3 is 0 Å². The summed E-state index contributed by atoms with van der Waals surface area (Å²) in [5.74, 6) is 0.551. The minimum Gasteiger partial charge on any atom is -0.485 e. The standard InChI is InChI=1S/C13H15ClFNO.ClH/c14-10-3-1-2-9-11(15)8-13(17-12(9)10)4-6-16-7-5-13;/h1-3,11,16H,4-8H2;1H. The molecule has 0 bridgehead atoms. The van der Waals surface area contributed by atoms with Gasteiger partial charge in [-0.3, -0.25) is 0 Å². The Morgan fingerprint density at radius 1 is 1.33 bits per heavy atom. The molecule has 1 spiro atoms. The molecule has 1 aromatic carbocycles. The van der Waals surface area contributed by atoms with Gasteiger partial charge in [-0.25, -0.2) is 4.39 Å². The lowest BCUT2D eigenvalue weighted by atomic mass is 9.83. The molecule has 100 valence electrons. The zero-order valence-electron chi connectivity index (χ0n) is 9.92. The molecule has 2 aliphatic rings. The summed E-state index contributed by atoms with van der Waals surface area (Å²) in [7, 11) is 0. The Hall–Kier alpha value is -0.510. The number of nitrogens with one attached hydrogen (secondary N) is 1. The Morgan fingerprint density at radius 2 is 2.06 bits per heavy atom. The third-order valence-electron chi connectivity index (χ3n) is 3.72. The van der Waals surface area contributed by atoms with Crippen LogP contribution < -0.4 is 10.1 Å². The molecule has 1 unspecified atom stereocenters. The molecular weight excluding hydrogens is 276 g/mol. The van der Waals surface area contributed by atoms with Gasteiger partial charge in [0.05, 0.1) is 5.02 Å². The molecule has 5 heteroatoms. The third-order valence-corrected chi connectivity index (χ3v) is 4.02. The van der Waals surface area contributed by atoms with Crippen LogP contribution in [-0.4, -0.2) is 18.7 Å². The second-order valence-corrected chi connectivity index (χ2v) is 5.27. The zero-order chi connectivity index (χ0) is 11.9. The summed E-state index contributed by atoms with van der Waals surface area (Å²) in [5, 5.41) is 3.79. The summed E-state index contributed by atoms with van der Waals surface area (Å²) >= 11 is 6.10. The van der Waals surface area contributed by atoms with Crippen molar-refractivity contribution in [3.05, 3.63) is 28.8 Å². The Morgan fingerprint density at radius 3 is 2.78 bits per heavy atom. The van der Waals surface area contributed by atoms with Gasteiger partial charge in [-0.1, -0.05) is 23.7 Å². The number of alkyl halides is 1. The molecule has 0 aromatic heterocycles. The normalized spacial score (nSPS) is 24.9. The van der Waals surface area contributed by atoms with Crippen LogP contribution in [0.15, 0.2) is 18.2 Å². The van der Waals surface area contributed by atoms with E-state index in [0.717, 1.165) is 25.9 Å². The highest BCUT2D eigenvalue weighted by Gasteiger charge is 2.42. The predicted molar refractivity (Wildman–Crippen MR) is 72.6 cm³/mol. The van der Waals surface area contributed by atoms with Gasteiger partial charge in [0, 0.05) is 12.0 Å². The van der Waals surface area contributed by atoms with Crippen LogP contribution >= 0.6 is 24.0 Å². The minimum atomic E-state index is -0.962. The van der Waals surface area contributed by atoms with E-state index in [0.29, 0.717) is 22.8 Å². The second-order valence-electron chi connectivity index (χ2n) is 4.86. The SMILES string of the molecule is Cl.FC1CC2(CCNCC2)Oc2c(Cl)cccc21. The fourth-order valence-electron chi connectivity index (χ4n) is 2.76. The lowest BCUT2D eigenvalue weighted by Crippen LogP contribution is -2.48. The molecule has 0 saturated carbocycles. The van der Waals surface area contributed by atoms with Gasteiger partial charge in [-0.15, -0.1) is 12.4 Å². The van der Waals surface area contributed by atoms with Gasteiger partial charge < -0.3 is 10.1 Å². The van der Waals surface area contributed by atoms with E-state index in [1.165, 1.54) is 0 Å². The molecule has 1 fully saturated rings. The van der Waals surface area contributed by atoms with E-state index in [-0.39, 0.29) is 18.0 Å². The quantitative estimate of drug-likeness (QED) is 0.787. The third kappa shape index (κ3) is 2.31. The highest BCUT2D eigenvalue weighted by molar-refractivity contribution is 6.32. The number of hydrogen-bond acceptors (Lipinski definition) is 2. The summed E-state index contributed by atoms with van der Waals surface area (Å²) in [6, 6.07) is 5.30. The molecule has 0 aliphatic carbocycles. The molecule has 18 heavy (non-hydrogen) atoms. The molecule has 0 radical (unpaired) electrons. The molecule has 1 aromatic rings. The fraction of sp³-hybridized carbons (Fsp3) is 0.538. The topological polar surface area (TPSA) is 21.3 Å². The number of fused-ring (bicyclic) bond motifs is 1. The first kappa shape index (κ1) is 13.9. The van der Waals surface area contributed by atoms with Crippen LogP contribution in [0.5, 0.6) is 5.75 Å². The van der Waals surface area contributed by atoms with Crippen LogP contribution in [0, 0.1) is 0 Å². The molecule has 1 N–H and O–H groups in total. The lowest BCUT2D eigenvalue weighted by molar-refractivity contribution is -0.0119. The zero-order valence-corrected chi connectivity index (χ0v) is 11.5. The van der Waals surface area contributed by atoms with E-state index in [2.05, 4.69) is 5.32 Å². The van der Waals surface area contributed by atoms with Crippen LogP contribution in [0.3, 0.4) is 0 Å². The highest BCUT2D eigenvalue weighted by atomic mass is 35.5. The van der Waals surface area contributed by atoms with Gasteiger partial charge in [0.25, 0.3) is 0 Å². The van der Waals surface area contributed by atoms with E-state index in [1.807, 2.05) is 0 Å². The predicted octanol–water partition coefficient (Wildman–Crippen LogP) is 3.68. The van der Waals surface area contributed by atoms with E-state index < -0.39 is 6.17 Å². The van der Waals surface area contributed by atoms with Crippen LogP contribution in [0.4, 0.5) is 4.39 Å². The Bertz CT molecular complexity index is 435. The molecule has 3 rings (SSSR count). The lowest BCUT2D eigenvalue weighted by Gasteiger charge is -2.43. The molecular formula is C13H16Cl2FNO. The first-order valence-corrected chi connectivity index (χ1v) is 6.40. The van der Waals surface area contributed by atoms with Crippen molar-refractivity contribution in [2.45, 2.75) is 31.0 Å². The maximum Gasteiger partial charge on any atom is 0.144 e. The van der Waals surface area contributed by atoms with Crippen molar-refractivity contribution in [2.24, 2.45) is 0 Å². The second kappa shape index (κ2) is 5.24. The van der Waals surface area contributed by atoms with Crippen molar-refractivity contribution >= 4 is 24.0 Å². The number of rotatable bonds is 0. The number of piperidine rings is 1. The molecule has 2 nitrogen and oxygen atoms in total. The van der Waals surface area contributed by atoms with Crippen LogP contribution in [0.1, 0.15) is 31.0 Å². The van der Waals surface area contributed by atoms with Gasteiger partial charge in [0.15, 0.2) is 0 Å². The molecule has 0 amide bonds. The average molecular weight is 292 g/mol. The summed E-state index contributed by atoms with van der Waals surface area (Å²) in [6.45, 7) is 1.76. The summed E-state index contributed by atoms with van der Waals surface area (Å²) in [6.07, 6.45) is 1.17. The van der Waals surface area contributed by atoms with Gasteiger partial charge in [0.2, 0.25) is 0 Å². The van der Waals surface area contributed by atoms with Crippen molar-refractivity contribution < 1.29 is 9.13 Å². The van der Waals surface area contributed by atoms with Crippen molar-refractivity contribution in [1.82, 2.24) is 5.32 Å². The van der Waals surface area contributed by atoms with Gasteiger partial charge in [0.1, 0.15) is 17.5 Å². The van der Waals surface area contributed by atoms with E-state index in [1.54, 1.807) is 18.2 Å². The van der Waals surface area contributed by atoms with Crippen LogP contribution in [0.25, 0.3) is 0 Å². The summed E-state index contributed by atoms with van der Waals surface area (Å²) < 4.78 is 20.3. The maximum absolute atomic E-state index is 14.2. The van der Waals surface area contributed by atoms with E-state index >= 15 is 0 Å². The Kier molecular flexibility index (Phi) is 4.05. The van der Waals surface area contributed by atoms with Crippen LogP contribution in [-0.2, 0) is 0 Å². The Labute approximate surface area is 117 Å². The first-order chi connectivity index (χ1) is 8.20. The summed E-state index contributed by atoms with van der Waals surface area (Å²) in [4.78, 5) is 0. The van der Waals surface area contributed by atoms with Gasteiger partial charge in [-0.05, 0) is 32.0 Å². The van der Waals surface area contributed by atoms with Gasteiger partial charge in [-0.2, -0.15) is 0 Å². The molecule has 2 aliphatic heterocycles. The van der Waals surface area contributed by atoms with Crippen molar-refractivity contribution in [3.8, 4) is 5.75 Å². The molecule has 1 saturated heterocycles. The number of hydrogen-bond donors (Lipinski definition) is 1. The fourth-order valence-corrected chi connectivity index (χ4v) is 2.98. The smallest absolute Gasteiger partial charge is 0.144 e. The van der Waals surface area contributed by atoms with Crippen LogP contribution in [0.2, 0.25) is 5.02 Å².